The first-order chi connectivity index (χ1) is 7.68. The number of halogens is 1. The molecule has 3 heteroatoms. The van der Waals surface area contributed by atoms with Crippen molar-refractivity contribution in [1.82, 2.24) is 0 Å². The summed E-state index contributed by atoms with van der Waals surface area (Å²) >= 11 is 3.26. The van der Waals surface area contributed by atoms with Crippen molar-refractivity contribution in [3.05, 3.63) is 64.1 Å². The summed E-state index contributed by atoms with van der Waals surface area (Å²) in [7, 11) is 0. The lowest BCUT2D eigenvalue weighted by Crippen LogP contribution is -2.01. The van der Waals surface area contributed by atoms with Crippen LogP contribution in [0.5, 0.6) is 5.75 Å². The molecule has 2 aromatic rings. The maximum atomic E-state index is 12.1. The lowest BCUT2D eigenvalue weighted by Gasteiger charge is -2.04. The zero-order valence-electron chi connectivity index (χ0n) is 8.35. The van der Waals surface area contributed by atoms with Gasteiger partial charge >= 0.3 is 0 Å². The monoisotopic (exact) mass is 276 g/mol. The van der Waals surface area contributed by atoms with Crippen LogP contribution in [-0.4, -0.2) is 10.9 Å². The quantitative estimate of drug-likeness (QED) is 0.854. The number of carbonyl (C=O) groups is 1. The van der Waals surface area contributed by atoms with E-state index in [0.29, 0.717) is 15.6 Å². The average molecular weight is 277 g/mol. The number of phenolic OH excluding ortho intramolecular Hbond substituents is 1. The topological polar surface area (TPSA) is 37.3 Å². The Kier molecular flexibility index (Phi) is 3.06. The molecule has 0 atom stereocenters. The van der Waals surface area contributed by atoms with E-state index >= 15 is 0 Å². The Labute approximate surface area is 102 Å². The van der Waals surface area contributed by atoms with Crippen LogP contribution in [0.15, 0.2) is 53.0 Å². The number of carbonyl (C=O) groups excluding carboxylic acids is 1. The molecule has 0 heterocycles. The third-order valence-corrected chi connectivity index (χ3v) is 2.89. The highest BCUT2D eigenvalue weighted by molar-refractivity contribution is 9.10. The number of phenols is 1. The predicted octanol–water partition coefficient (Wildman–Crippen LogP) is 3.39. The third-order valence-electron chi connectivity index (χ3n) is 2.23. The van der Waals surface area contributed by atoms with Gasteiger partial charge in [-0.2, -0.15) is 0 Å². The smallest absolute Gasteiger partial charge is 0.194 e. The van der Waals surface area contributed by atoms with Crippen LogP contribution in [0, 0.1) is 0 Å². The molecule has 1 N–H and O–H groups in total. The largest absolute Gasteiger partial charge is 0.508 e. The van der Waals surface area contributed by atoms with Gasteiger partial charge in [0, 0.05) is 15.6 Å². The average Bonchev–Trinajstić information content (AvgIpc) is 2.29. The first kappa shape index (κ1) is 10.9. The minimum absolute atomic E-state index is 0.0625. The summed E-state index contributed by atoms with van der Waals surface area (Å²) < 4.78 is 0.598. The molecule has 0 spiro atoms. The maximum absolute atomic E-state index is 12.1. The minimum atomic E-state index is -0.0625. The van der Waals surface area contributed by atoms with Gasteiger partial charge in [0.25, 0.3) is 0 Å². The fourth-order valence-electron chi connectivity index (χ4n) is 1.43. The van der Waals surface area contributed by atoms with Gasteiger partial charge in [-0.3, -0.25) is 4.79 Å². The van der Waals surface area contributed by atoms with Crippen molar-refractivity contribution < 1.29 is 9.90 Å². The number of ketones is 1. The zero-order chi connectivity index (χ0) is 11.5. The van der Waals surface area contributed by atoms with Crippen LogP contribution in [0.25, 0.3) is 0 Å². The van der Waals surface area contributed by atoms with Gasteiger partial charge in [0.05, 0.1) is 0 Å². The van der Waals surface area contributed by atoms with Crippen LogP contribution in [0.1, 0.15) is 15.9 Å². The van der Waals surface area contributed by atoms with Crippen molar-refractivity contribution in [2.24, 2.45) is 0 Å². The molecule has 0 fully saturated rings. The molecule has 0 aromatic heterocycles. The number of rotatable bonds is 2. The molecule has 0 bridgehead atoms. The van der Waals surface area contributed by atoms with E-state index in [9.17, 15) is 9.90 Å². The predicted molar refractivity (Wildman–Crippen MR) is 65.7 cm³/mol. The third kappa shape index (κ3) is 2.14. The molecule has 0 saturated carbocycles. The summed E-state index contributed by atoms with van der Waals surface area (Å²) in [4.78, 5) is 12.1. The van der Waals surface area contributed by atoms with Gasteiger partial charge in [-0.15, -0.1) is 0 Å². The van der Waals surface area contributed by atoms with Crippen LogP contribution in [0.3, 0.4) is 0 Å². The van der Waals surface area contributed by atoms with Gasteiger partial charge in [-0.1, -0.05) is 30.3 Å². The highest BCUT2D eigenvalue weighted by Gasteiger charge is 2.12. The summed E-state index contributed by atoms with van der Waals surface area (Å²) in [5.74, 6) is 0.0731. The summed E-state index contributed by atoms with van der Waals surface area (Å²) in [6.45, 7) is 0. The molecule has 0 aliphatic rings. The minimum Gasteiger partial charge on any atom is -0.508 e. The number of hydrogen-bond acceptors (Lipinski definition) is 2. The van der Waals surface area contributed by atoms with Crippen molar-refractivity contribution in [2.75, 3.05) is 0 Å². The van der Waals surface area contributed by atoms with E-state index in [2.05, 4.69) is 15.9 Å². The molecule has 0 unspecified atom stereocenters. The summed E-state index contributed by atoms with van der Waals surface area (Å²) in [6, 6.07) is 13.7. The van der Waals surface area contributed by atoms with E-state index in [1.165, 1.54) is 12.1 Å². The van der Waals surface area contributed by atoms with Crippen molar-refractivity contribution in [1.29, 1.82) is 0 Å². The van der Waals surface area contributed by atoms with Gasteiger partial charge < -0.3 is 5.11 Å². The van der Waals surface area contributed by atoms with E-state index in [0.717, 1.165) is 0 Å². The molecule has 0 aliphatic heterocycles. The van der Waals surface area contributed by atoms with Crippen molar-refractivity contribution >= 4 is 21.7 Å². The highest BCUT2D eigenvalue weighted by Crippen LogP contribution is 2.24. The van der Waals surface area contributed by atoms with Gasteiger partial charge in [0.1, 0.15) is 5.75 Å². The van der Waals surface area contributed by atoms with Gasteiger partial charge in [-0.05, 0) is 34.1 Å². The van der Waals surface area contributed by atoms with Gasteiger partial charge in [-0.25, -0.2) is 0 Å². The fourth-order valence-corrected chi connectivity index (χ4v) is 1.98. The number of benzene rings is 2. The molecular formula is C13H9BrO2. The van der Waals surface area contributed by atoms with Crippen LogP contribution >= 0.6 is 15.9 Å². The van der Waals surface area contributed by atoms with Gasteiger partial charge in [0.2, 0.25) is 0 Å². The first-order valence-corrected chi connectivity index (χ1v) is 5.56. The Morgan fingerprint density at radius 1 is 1.06 bits per heavy atom. The van der Waals surface area contributed by atoms with Crippen molar-refractivity contribution in [3.63, 3.8) is 0 Å². The molecule has 2 aromatic carbocycles. The van der Waals surface area contributed by atoms with Crippen LogP contribution < -0.4 is 0 Å². The SMILES string of the molecule is O=C(c1ccccc1)c1ccc(O)cc1Br. The van der Waals surface area contributed by atoms with E-state index in [-0.39, 0.29) is 11.5 Å². The standard InChI is InChI=1S/C13H9BrO2/c14-12-8-10(15)6-7-11(12)13(16)9-4-2-1-3-5-9/h1-8,15H. The number of aromatic hydroxyl groups is 1. The Morgan fingerprint density at radius 2 is 1.75 bits per heavy atom. The fraction of sp³-hybridized carbons (Fsp3) is 0. The van der Waals surface area contributed by atoms with Crippen LogP contribution in [0.4, 0.5) is 0 Å². The Balaban J connectivity index is 2.42. The summed E-state index contributed by atoms with van der Waals surface area (Å²) in [5.41, 5.74) is 1.18. The molecule has 80 valence electrons. The molecule has 0 radical (unpaired) electrons. The second kappa shape index (κ2) is 4.49. The molecule has 2 rings (SSSR count). The summed E-state index contributed by atoms with van der Waals surface area (Å²) in [6.07, 6.45) is 0. The van der Waals surface area contributed by atoms with Crippen molar-refractivity contribution in [3.8, 4) is 5.75 Å². The zero-order valence-corrected chi connectivity index (χ0v) is 9.94. The van der Waals surface area contributed by atoms with Crippen LogP contribution in [0.2, 0.25) is 0 Å². The second-order valence-corrected chi connectivity index (χ2v) is 4.21. The molecule has 0 amide bonds. The molecule has 0 saturated heterocycles. The Bertz CT molecular complexity index is 521. The molecule has 2 nitrogen and oxygen atoms in total. The van der Waals surface area contributed by atoms with E-state index in [4.69, 9.17) is 0 Å². The second-order valence-electron chi connectivity index (χ2n) is 3.36. The van der Waals surface area contributed by atoms with E-state index < -0.39 is 0 Å². The lowest BCUT2D eigenvalue weighted by atomic mass is 10.0. The lowest BCUT2D eigenvalue weighted by molar-refractivity contribution is 0.103. The maximum Gasteiger partial charge on any atom is 0.194 e. The Hall–Kier alpha value is -1.61. The number of hydrogen-bond donors (Lipinski definition) is 1. The normalized spacial score (nSPS) is 10.1. The van der Waals surface area contributed by atoms with E-state index in [1.54, 1.807) is 18.2 Å². The van der Waals surface area contributed by atoms with Crippen molar-refractivity contribution in [2.45, 2.75) is 0 Å². The molecular weight excluding hydrogens is 268 g/mol. The first-order valence-electron chi connectivity index (χ1n) is 4.77. The van der Waals surface area contributed by atoms with Crippen LogP contribution in [-0.2, 0) is 0 Å². The molecule has 16 heavy (non-hydrogen) atoms. The Morgan fingerprint density at radius 3 is 2.38 bits per heavy atom. The summed E-state index contributed by atoms with van der Waals surface area (Å²) in [5, 5.41) is 9.25. The molecule has 0 aliphatic carbocycles. The van der Waals surface area contributed by atoms with E-state index in [1.807, 2.05) is 18.2 Å². The van der Waals surface area contributed by atoms with Gasteiger partial charge in [0.15, 0.2) is 5.78 Å². The highest BCUT2D eigenvalue weighted by atomic mass is 79.9.